The maximum Gasteiger partial charge on any atom is 0.309 e. The average Bonchev–Trinajstić information content (AvgIpc) is 2.93. The summed E-state index contributed by atoms with van der Waals surface area (Å²) in [4.78, 5) is 2.28. The molecular formula is C34H34BNO2. The number of nitrogens with zero attached hydrogens (tertiary/aromatic N) is 1. The Labute approximate surface area is 226 Å². The average molecular weight is 499 g/mol. The van der Waals surface area contributed by atoms with Crippen molar-refractivity contribution in [1.29, 1.82) is 0 Å². The molecular weight excluding hydrogens is 465 g/mol. The van der Waals surface area contributed by atoms with Crippen LogP contribution in [0.25, 0.3) is 21.9 Å². The lowest BCUT2D eigenvalue weighted by atomic mass is 9.82. The number of benzene rings is 5. The van der Waals surface area contributed by atoms with E-state index in [1.807, 2.05) is 19.9 Å². The molecule has 0 amide bonds. The molecule has 0 saturated heterocycles. The molecule has 4 heteroatoms. The molecule has 5 aromatic carbocycles. The van der Waals surface area contributed by atoms with Gasteiger partial charge in [0.05, 0.1) is 11.2 Å². The predicted molar refractivity (Wildman–Crippen MR) is 162 cm³/mol. The fourth-order valence-corrected chi connectivity index (χ4v) is 4.38. The molecule has 1 N–H and O–H groups in total. The highest BCUT2D eigenvalue weighted by Gasteiger charge is 2.35. The van der Waals surface area contributed by atoms with Crippen LogP contribution in [-0.2, 0) is 4.65 Å². The molecule has 0 bridgehead atoms. The fourth-order valence-electron chi connectivity index (χ4n) is 4.38. The van der Waals surface area contributed by atoms with Gasteiger partial charge in [-0.15, -0.1) is 0 Å². The van der Waals surface area contributed by atoms with Crippen molar-refractivity contribution in [2.75, 3.05) is 4.90 Å². The molecule has 0 radical (unpaired) electrons. The number of hydrogen-bond acceptors (Lipinski definition) is 3. The van der Waals surface area contributed by atoms with Crippen LogP contribution >= 0.6 is 0 Å². The standard InChI is InChI=1S/C34H34BNO2/c1-33(2,37)34(3,4)38-35-29-17-22-31(23-18-29)36(32-21-16-26-12-8-9-13-28(26)24-32)30-19-14-27(15-20-30)25-10-6-5-7-11-25/h5-24,35,37H,1-4H3. The van der Waals surface area contributed by atoms with Gasteiger partial charge in [-0.25, -0.2) is 0 Å². The second-order valence-electron chi connectivity index (χ2n) is 10.8. The molecule has 5 rings (SSSR count). The maximum atomic E-state index is 10.4. The summed E-state index contributed by atoms with van der Waals surface area (Å²) in [5.41, 5.74) is 5.11. The third kappa shape index (κ3) is 5.52. The van der Waals surface area contributed by atoms with Crippen molar-refractivity contribution in [2.45, 2.75) is 38.9 Å². The minimum atomic E-state index is -0.939. The van der Waals surface area contributed by atoms with E-state index >= 15 is 0 Å². The van der Waals surface area contributed by atoms with Crippen LogP contribution in [0.4, 0.5) is 17.1 Å². The number of hydrogen-bond donors (Lipinski definition) is 1. The molecule has 0 saturated carbocycles. The highest BCUT2D eigenvalue weighted by molar-refractivity contribution is 6.47. The minimum absolute atomic E-state index is 0.430. The second kappa shape index (κ2) is 10.5. The summed E-state index contributed by atoms with van der Waals surface area (Å²) in [6, 6.07) is 42.7. The first-order valence-electron chi connectivity index (χ1n) is 13.1. The molecule has 0 spiro atoms. The van der Waals surface area contributed by atoms with Gasteiger partial charge in [-0.05, 0) is 86.0 Å². The van der Waals surface area contributed by atoms with E-state index in [1.165, 1.54) is 21.9 Å². The Morgan fingerprint density at radius 3 is 1.74 bits per heavy atom. The molecule has 0 aliphatic carbocycles. The Bertz CT molecular complexity index is 1510. The molecule has 190 valence electrons. The zero-order valence-electron chi connectivity index (χ0n) is 22.6. The molecule has 0 heterocycles. The summed E-state index contributed by atoms with van der Waals surface area (Å²) in [6.07, 6.45) is 0. The van der Waals surface area contributed by atoms with Crippen molar-refractivity contribution in [1.82, 2.24) is 0 Å². The molecule has 38 heavy (non-hydrogen) atoms. The van der Waals surface area contributed by atoms with E-state index in [4.69, 9.17) is 4.65 Å². The molecule has 5 aromatic rings. The topological polar surface area (TPSA) is 32.7 Å². The van der Waals surface area contributed by atoms with E-state index in [9.17, 15) is 5.11 Å². The van der Waals surface area contributed by atoms with E-state index < -0.39 is 11.2 Å². The molecule has 0 fully saturated rings. The number of aliphatic hydroxyl groups is 1. The molecule has 0 aliphatic heterocycles. The summed E-state index contributed by atoms with van der Waals surface area (Å²) in [7, 11) is 0.430. The van der Waals surface area contributed by atoms with Crippen LogP contribution in [0.15, 0.2) is 121 Å². The lowest BCUT2D eigenvalue weighted by Crippen LogP contribution is -2.49. The molecule has 0 aliphatic rings. The van der Waals surface area contributed by atoms with Crippen molar-refractivity contribution < 1.29 is 9.76 Å². The van der Waals surface area contributed by atoms with Crippen molar-refractivity contribution in [2.24, 2.45) is 0 Å². The lowest BCUT2D eigenvalue weighted by Gasteiger charge is -2.37. The van der Waals surface area contributed by atoms with Crippen molar-refractivity contribution in [3.05, 3.63) is 121 Å². The number of anilines is 3. The van der Waals surface area contributed by atoms with Crippen LogP contribution in [-0.4, -0.2) is 23.8 Å². The highest BCUT2D eigenvalue weighted by Crippen LogP contribution is 2.36. The maximum absolute atomic E-state index is 10.4. The van der Waals surface area contributed by atoms with Gasteiger partial charge in [0.2, 0.25) is 0 Å². The van der Waals surface area contributed by atoms with E-state index in [1.54, 1.807) is 13.8 Å². The molecule has 0 aromatic heterocycles. The Kier molecular flexibility index (Phi) is 7.12. The summed E-state index contributed by atoms with van der Waals surface area (Å²) >= 11 is 0. The Balaban J connectivity index is 1.49. The second-order valence-corrected chi connectivity index (χ2v) is 10.8. The fraction of sp³-hybridized carbons (Fsp3) is 0.176. The van der Waals surface area contributed by atoms with E-state index in [0.717, 1.165) is 22.5 Å². The van der Waals surface area contributed by atoms with Crippen LogP contribution < -0.4 is 10.4 Å². The van der Waals surface area contributed by atoms with Gasteiger partial charge in [0.25, 0.3) is 0 Å². The normalized spacial score (nSPS) is 11.9. The van der Waals surface area contributed by atoms with Gasteiger partial charge >= 0.3 is 7.48 Å². The van der Waals surface area contributed by atoms with Gasteiger partial charge in [0, 0.05) is 17.1 Å². The van der Waals surface area contributed by atoms with Crippen LogP contribution in [0.5, 0.6) is 0 Å². The van der Waals surface area contributed by atoms with Crippen LogP contribution in [0.2, 0.25) is 0 Å². The molecule has 0 unspecified atom stereocenters. The summed E-state index contributed by atoms with van der Waals surface area (Å²) in [5, 5.41) is 12.9. The van der Waals surface area contributed by atoms with Crippen molar-refractivity contribution in [3.8, 4) is 11.1 Å². The number of fused-ring (bicyclic) bond motifs is 1. The van der Waals surface area contributed by atoms with Crippen LogP contribution in [0, 0.1) is 0 Å². The molecule has 0 atom stereocenters. The zero-order chi connectivity index (χ0) is 26.8. The largest absolute Gasteiger partial charge is 0.427 e. The quantitative estimate of drug-likeness (QED) is 0.224. The summed E-state index contributed by atoms with van der Waals surface area (Å²) in [5.74, 6) is 0. The summed E-state index contributed by atoms with van der Waals surface area (Å²) < 4.78 is 6.09. The van der Waals surface area contributed by atoms with E-state index in [-0.39, 0.29) is 0 Å². The highest BCUT2D eigenvalue weighted by atomic mass is 16.5. The van der Waals surface area contributed by atoms with Crippen molar-refractivity contribution in [3.63, 3.8) is 0 Å². The van der Waals surface area contributed by atoms with Gasteiger partial charge in [-0.3, -0.25) is 0 Å². The van der Waals surface area contributed by atoms with Gasteiger partial charge in [0.1, 0.15) is 0 Å². The van der Waals surface area contributed by atoms with E-state index in [2.05, 4.69) is 120 Å². The van der Waals surface area contributed by atoms with Gasteiger partial charge < -0.3 is 14.7 Å². The monoisotopic (exact) mass is 499 g/mol. The van der Waals surface area contributed by atoms with Crippen LogP contribution in [0.1, 0.15) is 27.7 Å². The van der Waals surface area contributed by atoms with Crippen molar-refractivity contribution >= 4 is 40.8 Å². The summed E-state index contributed by atoms with van der Waals surface area (Å²) in [6.45, 7) is 7.39. The first kappa shape index (κ1) is 25.8. The Hall–Kier alpha value is -3.86. The third-order valence-corrected chi connectivity index (χ3v) is 7.49. The van der Waals surface area contributed by atoms with Crippen LogP contribution in [0.3, 0.4) is 0 Å². The molecule has 3 nitrogen and oxygen atoms in total. The van der Waals surface area contributed by atoms with Gasteiger partial charge in [-0.1, -0.05) is 90.4 Å². The Morgan fingerprint density at radius 1 is 0.579 bits per heavy atom. The zero-order valence-corrected chi connectivity index (χ0v) is 22.6. The van der Waals surface area contributed by atoms with Gasteiger partial charge in [-0.2, -0.15) is 0 Å². The van der Waals surface area contributed by atoms with Gasteiger partial charge in [0.15, 0.2) is 0 Å². The SMILES string of the molecule is CC(C)(O)C(C)(C)OBc1ccc(N(c2ccc(-c3ccccc3)cc2)c2ccc3ccccc3c2)cc1. The lowest BCUT2D eigenvalue weighted by molar-refractivity contribution is -0.0893. The smallest absolute Gasteiger partial charge is 0.309 e. The van der Waals surface area contributed by atoms with E-state index in [0.29, 0.717) is 7.48 Å². The Morgan fingerprint density at radius 2 is 1.11 bits per heavy atom. The number of rotatable bonds is 8. The first-order valence-corrected chi connectivity index (χ1v) is 13.1. The predicted octanol–water partition coefficient (Wildman–Crippen LogP) is 7.52. The minimum Gasteiger partial charge on any atom is -0.427 e. The third-order valence-electron chi connectivity index (χ3n) is 7.49. The first-order chi connectivity index (χ1) is 18.2.